The molecule has 1 aromatic rings. The molecule has 0 spiro atoms. The van der Waals surface area contributed by atoms with Gasteiger partial charge in [-0.15, -0.1) is 11.3 Å². The van der Waals surface area contributed by atoms with Gasteiger partial charge in [0.25, 0.3) is 0 Å². The van der Waals surface area contributed by atoms with Crippen LogP contribution in [0.3, 0.4) is 0 Å². The Labute approximate surface area is 96.5 Å². The van der Waals surface area contributed by atoms with Gasteiger partial charge < -0.3 is 5.11 Å². The summed E-state index contributed by atoms with van der Waals surface area (Å²) in [5.74, 6) is 0. The molecule has 1 N–H and O–H groups in total. The van der Waals surface area contributed by atoms with E-state index in [0.29, 0.717) is 0 Å². The lowest BCUT2D eigenvalue weighted by atomic mass is 10.3. The molecule has 15 heavy (non-hydrogen) atoms. The minimum atomic E-state index is 0.258. The van der Waals surface area contributed by atoms with E-state index in [4.69, 9.17) is 5.11 Å². The van der Waals surface area contributed by atoms with Gasteiger partial charge in [-0.2, -0.15) is 0 Å². The van der Waals surface area contributed by atoms with Crippen molar-refractivity contribution in [1.82, 2.24) is 4.90 Å². The summed E-state index contributed by atoms with van der Waals surface area (Å²) in [5.41, 5.74) is 0. The minimum Gasteiger partial charge on any atom is -0.395 e. The quantitative estimate of drug-likeness (QED) is 0.774. The number of nitrogens with zero attached hydrogens (tertiary/aromatic N) is 1. The first-order valence-electron chi connectivity index (χ1n) is 5.64. The van der Waals surface area contributed by atoms with E-state index in [9.17, 15) is 0 Å². The first-order valence-corrected chi connectivity index (χ1v) is 6.46. The van der Waals surface area contributed by atoms with Crippen molar-refractivity contribution >= 4 is 11.3 Å². The lowest BCUT2D eigenvalue weighted by Gasteiger charge is -2.19. The minimum absolute atomic E-state index is 0.258. The standard InChI is InChI=1S/C12H21NOS/c1-3-4-7-13(8-9-14)10-12-6-5-11(2)15-12/h5-6,14H,3-4,7-10H2,1-2H3. The highest BCUT2D eigenvalue weighted by Gasteiger charge is 2.06. The summed E-state index contributed by atoms with van der Waals surface area (Å²) in [6.07, 6.45) is 2.43. The smallest absolute Gasteiger partial charge is 0.0558 e. The third-order valence-corrected chi connectivity index (χ3v) is 3.41. The van der Waals surface area contributed by atoms with Gasteiger partial charge in [0.2, 0.25) is 0 Å². The van der Waals surface area contributed by atoms with Crippen molar-refractivity contribution in [1.29, 1.82) is 0 Å². The number of aliphatic hydroxyl groups is 1. The van der Waals surface area contributed by atoms with Crippen LogP contribution < -0.4 is 0 Å². The van der Waals surface area contributed by atoms with E-state index in [1.165, 1.54) is 22.6 Å². The van der Waals surface area contributed by atoms with Crippen LogP contribution in [-0.2, 0) is 6.54 Å². The molecule has 86 valence electrons. The van der Waals surface area contributed by atoms with Gasteiger partial charge in [0.1, 0.15) is 0 Å². The van der Waals surface area contributed by atoms with E-state index in [2.05, 4.69) is 30.9 Å². The molecule has 0 aliphatic rings. The highest BCUT2D eigenvalue weighted by Crippen LogP contribution is 2.17. The Kier molecular flexibility index (Phi) is 5.91. The second kappa shape index (κ2) is 6.99. The maximum atomic E-state index is 8.98. The Hall–Kier alpha value is -0.380. The molecule has 0 aromatic carbocycles. The fourth-order valence-electron chi connectivity index (χ4n) is 1.58. The van der Waals surface area contributed by atoms with Crippen LogP contribution in [0.5, 0.6) is 0 Å². The molecule has 0 radical (unpaired) electrons. The van der Waals surface area contributed by atoms with E-state index in [0.717, 1.165) is 19.6 Å². The Morgan fingerprint density at radius 1 is 1.33 bits per heavy atom. The highest BCUT2D eigenvalue weighted by molar-refractivity contribution is 7.11. The van der Waals surface area contributed by atoms with Crippen molar-refractivity contribution in [3.05, 3.63) is 21.9 Å². The average molecular weight is 227 g/mol. The van der Waals surface area contributed by atoms with Gasteiger partial charge in [-0.3, -0.25) is 4.90 Å². The summed E-state index contributed by atoms with van der Waals surface area (Å²) in [6.45, 7) is 7.46. The molecule has 1 heterocycles. The number of aryl methyl sites for hydroxylation is 1. The second-order valence-corrected chi connectivity index (χ2v) is 5.24. The molecule has 0 aliphatic heterocycles. The first-order chi connectivity index (χ1) is 7.26. The predicted octanol–water partition coefficient (Wildman–Crippen LogP) is 2.65. The van der Waals surface area contributed by atoms with Gasteiger partial charge in [-0.25, -0.2) is 0 Å². The molecular formula is C12H21NOS. The molecular weight excluding hydrogens is 206 g/mol. The van der Waals surface area contributed by atoms with Crippen LogP contribution in [0.25, 0.3) is 0 Å². The zero-order valence-corrected chi connectivity index (χ0v) is 10.5. The fourth-order valence-corrected chi connectivity index (χ4v) is 2.52. The number of rotatable bonds is 7. The predicted molar refractivity (Wildman–Crippen MR) is 66.3 cm³/mol. The van der Waals surface area contributed by atoms with Crippen LogP contribution in [0.15, 0.2) is 12.1 Å². The number of hydrogen-bond acceptors (Lipinski definition) is 3. The molecule has 0 atom stereocenters. The van der Waals surface area contributed by atoms with Gasteiger partial charge in [-0.05, 0) is 32.0 Å². The van der Waals surface area contributed by atoms with Crippen molar-refractivity contribution in [2.75, 3.05) is 19.7 Å². The van der Waals surface area contributed by atoms with E-state index >= 15 is 0 Å². The van der Waals surface area contributed by atoms with Crippen molar-refractivity contribution in [3.8, 4) is 0 Å². The summed E-state index contributed by atoms with van der Waals surface area (Å²) in [7, 11) is 0. The van der Waals surface area contributed by atoms with Crippen LogP contribution in [-0.4, -0.2) is 29.7 Å². The van der Waals surface area contributed by atoms with Crippen LogP contribution in [0.4, 0.5) is 0 Å². The Morgan fingerprint density at radius 3 is 2.67 bits per heavy atom. The average Bonchev–Trinajstić information content (AvgIpc) is 2.61. The Balaban J connectivity index is 2.42. The zero-order chi connectivity index (χ0) is 11.1. The van der Waals surface area contributed by atoms with E-state index in [1.54, 1.807) is 0 Å². The van der Waals surface area contributed by atoms with Crippen LogP contribution in [0.2, 0.25) is 0 Å². The van der Waals surface area contributed by atoms with E-state index in [-0.39, 0.29) is 6.61 Å². The summed E-state index contributed by atoms with van der Waals surface area (Å²) in [6, 6.07) is 4.35. The topological polar surface area (TPSA) is 23.5 Å². The van der Waals surface area contributed by atoms with Gasteiger partial charge in [0.05, 0.1) is 6.61 Å². The molecule has 0 saturated carbocycles. The van der Waals surface area contributed by atoms with Crippen molar-refractivity contribution in [2.45, 2.75) is 33.2 Å². The molecule has 2 nitrogen and oxygen atoms in total. The van der Waals surface area contributed by atoms with E-state index < -0.39 is 0 Å². The number of unbranched alkanes of at least 4 members (excludes halogenated alkanes) is 1. The van der Waals surface area contributed by atoms with Crippen LogP contribution in [0, 0.1) is 6.92 Å². The zero-order valence-electron chi connectivity index (χ0n) is 9.70. The molecule has 0 saturated heterocycles. The molecule has 1 aromatic heterocycles. The summed E-state index contributed by atoms with van der Waals surface area (Å²) in [4.78, 5) is 5.09. The largest absolute Gasteiger partial charge is 0.395 e. The summed E-state index contributed by atoms with van der Waals surface area (Å²) >= 11 is 1.85. The lowest BCUT2D eigenvalue weighted by molar-refractivity contribution is 0.189. The second-order valence-electron chi connectivity index (χ2n) is 3.87. The van der Waals surface area contributed by atoms with Gasteiger partial charge in [-0.1, -0.05) is 13.3 Å². The van der Waals surface area contributed by atoms with Crippen molar-refractivity contribution < 1.29 is 5.11 Å². The van der Waals surface area contributed by atoms with Crippen molar-refractivity contribution in [3.63, 3.8) is 0 Å². The number of aliphatic hydroxyl groups excluding tert-OH is 1. The molecule has 0 bridgehead atoms. The lowest BCUT2D eigenvalue weighted by Crippen LogP contribution is -2.27. The first kappa shape index (κ1) is 12.7. The van der Waals surface area contributed by atoms with Gasteiger partial charge in [0, 0.05) is 22.8 Å². The van der Waals surface area contributed by atoms with Crippen LogP contribution in [0.1, 0.15) is 29.5 Å². The summed E-state index contributed by atoms with van der Waals surface area (Å²) in [5, 5.41) is 8.98. The number of hydrogen-bond donors (Lipinski definition) is 1. The number of thiophene rings is 1. The molecule has 0 fully saturated rings. The Morgan fingerprint density at radius 2 is 2.13 bits per heavy atom. The third-order valence-electron chi connectivity index (χ3n) is 2.42. The highest BCUT2D eigenvalue weighted by atomic mass is 32.1. The maximum absolute atomic E-state index is 8.98. The SMILES string of the molecule is CCCCN(CCO)Cc1ccc(C)s1. The molecule has 0 aliphatic carbocycles. The monoisotopic (exact) mass is 227 g/mol. The molecule has 0 unspecified atom stereocenters. The fraction of sp³-hybridized carbons (Fsp3) is 0.667. The van der Waals surface area contributed by atoms with Gasteiger partial charge >= 0.3 is 0 Å². The van der Waals surface area contributed by atoms with Crippen LogP contribution >= 0.6 is 11.3 Å². The van der Waals surface area contributed by atoms with E-state index in [1.807, 2.05) is 11.3 Å². The maximum Gasteiger partial charge on any atom is 0.0558 e. The molecule has 3 heteroatoms. The third kappa shape index (κ3) is 4.78. The normalized spacial score (nSPS) is 11.2. The molecule has 0 amide bonds. The van der Waals surface area contributed by atoms with Gasteiger partial charge in [0.15, 0.2) is 0 Å². The Bertz CT molecular complexity index is 272. The summed E-state index contributed by atoms with van der Waals surface area (Å²) < 4.78 is 0. The van der Waals surface area contributed by atoms with Crippen molar-refractivity contribution in [2.24, 2.45) is 0 Å². The molecule has 1 rings (SSSR count).